The number of rotatable bonds is 1. The van der Waals surface area contributed by atoms with Crippen LogP contribution < -0.4 is 4.90 Å². The number of hydrogen-bond donors (Lipinski definition) is 0. The third kappa shape index (κ3) is 2.48. The zero-order chi connectivity index (χ0) is 17.0. The van der Waals surface area contributed by atoms with Gasteiger partial charge in [-0.05, 0) is 67.0 Å². The Morgan fingerprint density at radius 1 is 1.08 bits per heavy atom. The highest BCUT2D eigenvalue weighted by molar-refractivity contribution is 6.17. The number of allylic oxidation sites excluding steroid dienone is 1. The van der Waals surface area contributed by atoms with E-state index in [9.17, 15) is 0 Å². The number of nitrogens with zero attached hydrogens (tertiary/aromatic N) is 3. The molecule has 0 radical (unpaired) electrons. The molecule has 1 saturated heterocycles. The van der Waals surface area contributed by atoms with Crippen molar-refractivity contribution >= 4 is 23.2 Å². The van der Waals surface area contributed by atoms with Crippen molar-refractivity contribution in [3.63, 3.8) is 0 Å². The minimum absolute atomic E-state index is 0.752. The minimum Gasteiger partial charge on any atom is -0.372 e. The Balaban J connectivity index is 1.58. The number of halogens is 1. The molecule has 3 nitrogen and oxygen atoms in total. The Hall–Kier alpha value is -1.87. The van der Waals surface area contributed by atoms with Crippen LogP contribution in [0.2, 0.25) is 0 Å². The Bertz CT molecular complexity index is 843. The first-order valence-corrected chi connectivity index (χ1v) is 9.77. The molecule has 3 heterocycles. The molecule has 2 aliphatic heterocycles. The van der Waals surface area contributed by atoms with Gasteiger partial charge in [-0.25, -0.2) is 0 Å². The maximum absolute atomic E-state index is 6.70. The van der Waals surface area contributed by atoms with Crippen LogP contribution in [0.4, 0.5) is 5.69 Å². The molecule has 1 fully saturated rings. The van der Waals surface area contributed by atoms with Crippen molar-refractivity contribution in [2.75, 3.05) is 18.0 Å². The fourth-order valence-electron chi connectivity index (χ4n) is 4.47. The molecule has 0 bridgehead atoms. The lowest BCUT2D eigenvalue weighted by Crippen LogP contribution is -2.32. The molecule has 3 aliphatic rings. The van der Waals surface area contributed by atoms with E-state index in [1.54, 1.807) is 0 Å². The van der Waals surface area contributed by atoms with E-state index < -0.39 is 0 Å². The van der Waals surface area contributed by atoms with E-state index in [1.165, 1.54) is 41.0 Å². The number of benzene rings is 1. The van der Waals surface area contributed by atoms with Crippen molar-refractivity contribution in [2.45, 2.75) is 39.2 Å². The van der Waals surface area contributed by atoms with E-state index in [1.807, 2.05) is 4.42 Å². The van der Waals surface area contributed by atoms with E-state index in [0.717, 1.165) is 44.1 Å². The van der Waals surface area contributed by atoms with Gasteiger partial charge in [0.2, 0.25) is 0 Å². The average molecular weight is 354 g/mol. The second kappa shape index (κ2) is 5.84. The summed E-state index contributed by atoms with van der Waals surface area (Å²) in [5, 5.41) is 0. The Morgan fingerprint density at radius 3 is 2.76 bits per heavy atom. The zero-order valence-corrected chi connectivity index (χ0v) is 15.5. The van der Waals surface area contributed by atoms with Gasteiger partial charge in [-0.1, -0.05) is 13.0 Å². The highest BCUT2D eigenvalue weighted by atomic mass is 35.5. The fraction of sp³-hybridized carbons (Fsp3) is 0.429. The van der Waals surface area contributed by atoms with Crippen molar-refractivity contribution in [2.24, 2.45) is 5.92 Å². The van der Waals surface area contributed by atoms with Gasteiger partial charge >= 0.3 is 0 Å². The fourth-order valence-corrected chi connectivity index (χ4v) is 4.75. The Labute approximate surface area is 154 Å². The highest BCUT2D eigenvalue weighted by Gasteiger charge is 2.27. The van der Waals surface area contributed by atoms with Crippen molar-refractivity contribution in [1.82, 2.24) is 8.99 Å². The second-order valence-electron chi connectivity index (χ2n) is 7.69. The summed E-state index contributed by atoms with van der Waals surface area (Å²) >= 11 is 6.70. The smallest absolute Gasteiger partial charge is 0.0732 e. The maximum Gasteiger partial charge on any atom is 0.0732 e. The molecular weight excluding hydrogens is 330 g/mol. The van der Waals surface area contributed by atoms with E-state index in [4.69, 9.17) is 11.8 Å². The maximum atomic E-state index is 6.70. The number of aromatic nitrogens is 1. The van der Waals surface area contributed by atoms with Crippen LogP contribution in [0.15, 0.2) is 36.5 Å². The molecule has 1 aromatic heterocycles. The Kier molecular flexibility index (Phi) is 3.60. The van der Waals surface area contributed by atoms with E-state index >= 15 is 0 Å². The summed E-state index contributed by atoms with van der Waals surface area (Å²) in [6, 6.07) is 9.18. The van der Waals surface area contributed by atoms with Crippen molar-refractivity contribution < 1.29 is 0 Å². The number of anilines is 1. The molecule has 0 unspecified atom stereocenters. The SMILES string of the molecule is CC1CCN(c2ccc3c(c2)CN(Cl)C2=CCCc4ccn-3c42)CC1. The number of hydrogen-bond acceptors (Lipinski definition) is 2. The van der Waals surface area contributed by atoms with Gasteiger partial charge in [0.25, 0.3) is 0 Å². The zero-order valence-electron chi connectivity index (χ0n) is 14.7. The topological polar surface area (TPSA) is 11.4 Å². The number of piperidine rings is 1. The summed E-state index contributed by atoms with van der Waals surface area (Å²) in [4.78, 5) is 2.53. The molecule has 4 heteroatoms. The van der Waals surface area contributed by atoms with Crippen LogP contribution >= 0.6 is 11.8 Å². The molecule has 0 N–H and O–H groups in total. The summed E-state index contributed by atoms with van der Waals surface area (Å²) in [7, 11) is 0. The molecule has 1 aromatic carbocycles. The second-order valence-corrected chi connectivity index (χ2v) is 8.10. The van der Waals surface area contributed by atoms with Gasteiger partial charge < -0.3 is 9.47 Å². The molecule has 0 atom stereocenters. The molecule has 1 aliphatic carbocycles. The van der Waals surface area contributed by atoms with Crippen LogP contribution in [0.3, 0.4) is 0 Å². The summed E-state index contributed by atoms with van der Waals surface area (Å²) in [6.07, 6.45) is 9.25. The van der Waals surface area contributed by atoms with E-state index in [-0.39, 0.29) is 0 Å². The molecule has 2 aromatic rings. The highest BCUT2D eigenvalue weighted by Crippen LogP contribution is 2.39. The summed E-state index contributed by atoms with van der Waals surface area (Å²) < 4.78 is 4.24. The van der Waals surface area contributed by atoms with Gasteiger partial charge in [0.1, 0.15) is 0 Å². The monoisotopic (exact) mass is 353 g/mol. The number of aryl methyl sites for hydroxylation is 1. The van der Waals surface area contributed by atoms with Gasteiger partial charge in [0.15, 0.2) is 0 Å². The summed E-state index contributed by atoms with van der Waals surface area (Å²) in [5.74, 6) is 0.852. The molecular formula is C21H24ClN3. The van der Waals surface area contributed by atoms with Crippen molar-refractivity contribution in [3.8, 4) is 5.69 Å². The predicted octanol–water partition coefficient (Wildman–Crippen LogP) is 4.97. The average Bonchev–Trinajstić information content (AvgIpc) is 3.01. The molecule has 5 rings (SSSR count). The van der Waals surface area contributed by atoms with Crippen LogP contribution in [-0.4, -0.2) is 22.1 Å². The minimum atomic E-state index is 0.752. The quantitative estimate of drug-likeness (QED) is 0.670. The third-order valence-electron chi connectivity index (χ3n) is 6.01. The lowest BCUT2D eigenvalue weighted by atomic mass is 9.98. The first-order chi connectivity index (χ1) is 12.2. The van der Waals surface area contributed by atoms with Crippen LogP contribution in [0.1, 0.15) is 43.0 Å². The standard InChI is InChI=1S/C21H24ClN3/c1-15-7-10-23(11-8-15)18-5-6-19-17(13-18)14-25(22)20-4-2-3-16-9-12-24(19)21(16)20/h4-6,9,12-13,15H,2-3,7-8,10-11,14H2,1H3. The number of fused-ring (bicyclic) bond motifs is 2. The first-order valence-electron chi connectivity index (χ1n) is 9.43. The van der Waals surface area contributed by atoms with Crippen LogP contribution in [0.25, 0.3) is 11.4 Å². The van der Waals surface area contributed by atoms with Gasteiger partial charge in [-0.15, -0.1) is 0 Å². The van der Waals surface area contributed by atoms with Gasteiger partial charge in [-0.2, -0.15) is 0 Å². The normalized spacial score (nSPS) is 20.0. The van der Waals surface area contributed by atoms with Gasteiger partial charge in [0.05, 0.1) is 23.6 Å². The first kappa shape index (κ1) is 15.4. The molecule has 0 saturated carbocycles. The van der Waals surface area contributed by atoms with Gasteiger partial charge in [-0.3, -0.25) is 4.42 Å². The molecule has 0 amide bonds. The molecule has 0 spiro atoms. The molecule has 130 valence electrons. The largest absolute Gasteiger partial charge is 0.372 e. The van der Waals surface area contributed by atoms with Crippen LogP contribution in [0, 0.1) is 5.92 Å². The van der Waals surface area contributed by atoms with Gasteiger partial charge in [0, 0.05) is 36.8 Å². The van der Waals surface area contributed by atoms with Crippen LogP contribution in [-0.2, 0) is 13.0 Å². The summed E-state index contributed by atoms with van der Waals surface area (Å²) in [5.41, 5.74) is 7.76. The lowest BCUT2D eigenvalue weighted by Gasteiger charge is -2.32. The van der Waals surface area contributed by atoms with E-state index in [2.05, 4.69) is 52.9 Å². The summed E-state index contributed by atoms with van der Waals surface area (Å²) in [6.45, 7) is 5.44. The lowest BCUT2D eigenvalue weighted by molar-refractivity contribution is 0.438. The third-order valence-corrected chi connectivity index (χ3v) is 6.31. The van der Waals surface area contributed by atoms with E-state index in [0.29, 0.717) is 0 Å². The predicted molar refractivity (Wildman–Crippen MR) is 104 cm³/mol. The van der Waals surface area contributed by atoms with Crippen LogP contribution in [0.5, 0.6) is 0 Å². The Morgan fingerprint density at radius 2 is 1.92 bits per heavy atom. The van der Waals surface area contributed by atoms with Crippen molar-refractivity contribution in [1.29, 1.82) is 0 Å². The molecule has 25 heavy (non-hydrogen) atoms. The van der Waals surface area contributed by atoms with Crippen molar-refractivity contribution in [3.05, 3.63) is 53.4 Å².